The lowest BCUT2D eigenvalue weighted by Crippen LogP contribution is -2.47. The summed E-state index contributed by atoms with van der Waals surface area (Å²) in [6, 6.07) is 5.97. The molecule has 2 atom stereocenters. The van der Waals surface area contributed by atoms with Gasteiger partial charge < -0.3 is 24.3 Å². The van der Waals surface area contributed by atoms with Gasteiger partial charge >= 0.3 is 0 Å². The van der Waals surface area contributed by atoms with E-state index in [0.29, 0.717) is 13.2 Å². The van der Waals surface area contributed by atoms with Gasteiger partial charge in [0, 0.05) is 37.7 Å². The first-order chi connectivity index (χ1) is 13.4. The van der Waals surface area contributed by atoms with E-state index < -0.39 is 5.79 Å². The average molecular weight is 392 g/mol. The van der Waals surface area contributed by atoms with Gasteiger partial charge in [0.05, 0.1) is 44.7 Å². The van der Waals surface area contributed by atoms with Gasteiger partial charge in [-0.05, 0) is 19.1 Å². The minimum Gasteiger partial charge on any atom is -0.372 e. The van der Waals surface area contributed by atoms with E-state index in [1.807, 2.05) is 18.2 Å². The third-order valence-corrected chi connectivity index (χ3v) is 5.75. The Labute approximate surface area is 167 Å². The molecule has 4 heterocycles. The van der Waals surface area contributed by atoms with Crippen molar-refractivity contribution in [2.24, 2.45) is 5.41 Å². The first-order valence-electron chi connectivity index (χ1n) is 10.3. The summed E-state index contributed by atoms with van der Waals surface area (Å²) in [5.74, 6) is 0.372. The molecule has 0 aromatic carbocycles. The van der Waals surface area contributed by atoms with Crippen LogP contribution < -0.4 is 5.32 Å². The predicted molar refractivity (Wildman–Crippen MR) is 106 cm³/mol. The highest BCUT2D eigenvalue weighted by molar-refractivity contribution is 5.34. The number of nitrogens with one attached hydrogen (secondary N) is 1. The number of anilines is 1. The zero-order chi connectivity index (χ0) is 19.6. The van der Waals surface area contributed by atoms with Crippen LogP contribution in [0.2, 0.25) is 0 Å². The van der Waals surface area contributed by atoms with Crippen LogP contribution >= 0.6 is 0 Å². The molecular weight excluding hydrogens is 358 g/mol. The highest BCUT2D eigenvalue weighted by Crippen LogP contribution is 2.32. The number of nitrogens with zero attached hydrogens (tertiary/aromatic N) is 2. The molecule has 1 aromatic heterocycles. The monoisotopic (exact) mass is 391 g/mol. The van der Waals surface area contributed by atoms with E-state index in [0.717, 1.165) is 45.1 Å². The normalized spacial score (nSPS) is 30.5. The van der Waals surface area contributed by atoms with Crippen LogP contribution in [0.1, 0.15) is 27.2 Å². The Balaban J connectivity index is 1.22. The van der Waals surface area contributed by atoms with Crippen LogP contribution in [0.3, 0.4) is 0 Å². The summed E-state index contributed by atoms with van der Waals surface area (Å²) in [5, 5.41) is 3.39. The number of rotatable bonds is 5. The van der Waals surface area contributed by atoms with Gasteiger partial charge in [0.25, 0.3) is 0 Å². The van der Waals surface area contributed by atoms with Gasteiger partial charge in [0.1, 0.15) is 5.82 Å². The smallest absolute Gasteiger partial charge is 0.166 e. The molecule has 0 aliphatic carbocycles. The first kappa shape index (κ1) is 20.0. The summed E-state index contributed by atoms with van der Waals surface area (Å²) in [6.07, 6.45) is 2.88. The summed E-state index contributed by atoms with van der Waals surface area (Å²) >= 11 is 0. The zero-order valence-electron chi connectivity index (χ0n) is 17.2. The molecule has 0 unspecified atom stereocenters. The van der Waals surface area contributed by atoms with Gasteiger partial charge in [-0.2, -0.15) is 0 Å². The molecule has 3 fully saturated rings. The lowest BCUT2D eigenvalue weighted by atomic mass is 9.94. The maximum Gasteiger partial charge on any atom is 0.166 e. The van der Waals surface area contributed by atoms with Crippen LogP contribution in [-0.2, 0) is 18.9 Å². The van der Waals surface area contributed by atoms with Crippen molar-refractivity contribution >= 4 is 5.82 Å². The highest BCUT2D eigenvalue weighted by atomic mass is 16.7. The van der Waals surface area contributed by atoms with E-state index in [9.17, 15) is 0 Å². The number of hydrogen-bond donors (Lipinski definition) is 1. The third-order valence-electron chi connectivity index (χ3n) is 5.75. The van der Waals surface area contributed by atoms with Crippen molar-refractivity contribution in [3.05, 3.63) is 24.4 Å². The van der Waals surface area contributed by atoms with E-state index in [2.05, 4.69) is 36.0 Å². The fourth-order valence-corrected chi connectivity index (χ4v) is 3.87. The molecule has 156 valence electrons. The van der Waals surface area contributed by atoms with Crippen LogP contribution in [0, 0.1) is 5.41 Å². The van der Waals surface area contributed by atoms with Crippen molar-refractivity contribution in [3.8, 4) is 0 Å². The van der Waals surface area contributed by atoms with Gasteiger partial charge in [-0.25, -0.2) is 4.98 Å². The van der Waals surface area contributed by atoms with Crippen LogP contribution in [0.25, 0.3) is 0 Å². The topological polar surface area (TPSA) is 65.1 Å². The quantitative estimate of drug-likeness (QED) is 0.825. The Morgan fingerprint density at radius 2 is 1.75 bits per heavy atom. The summed E-state index contributed by atoms with van der Waals surface area (Å²) < 4.78 is 24.4. The maximum absolute atomic E-state index is 6.17. The van der Waals surface area contributed by atoms with Crippen molar-refractivity contribution in [1.82, 2.24) is 9.88 Å². The average Bonchev–Trinajstić information content (AvgIpc) is 2.99. The minimum absolute atomic E-state index is 0.0991. The van der Waals surface area contributed by atoms with Gasteiger partial charge in [-0.1, -0.05) is 19.9 Å². The molecule has 0 radical (unpaired) electrons. The van der Waals surface area contributed by atoms with Crippen LogP contribution in [0.4, 0.5) is 5.82 Å². The number of fused-ring (bicyclic) bond motifs is 1. The molecule has 0 amide bonds. The van der Waals surface area contributed by atoms with Crippen molar-refractivity contribution in [1.29, 1.82) is 0 Å². The van der Waals surface area contributed by atoms with E-state index in [1.165, 1.54) is 0 Å². The molecule has 4 rings (SSSR count). The molecule has 28 heavy (non-hydrogen) atoms. The Bertz CT molecular complexity index is 616. The van der Waals surface area contributed by atoms with Gasteiger partial charge in [0.2, 0.25) is 0 Å². The van der Waals surface area contributed by atoms with Crippen LogP contribution in [0.5, 0.6) is 0 Å². The molecular formula is C21H33N3O4. The van der Waals surface area contributed by atoms with Gasteiger partial charge in [0.15, 0.2) is 5.79 Å². The molecule has 7 nitrogen and oxygen atoms in total. The molecule has 0 bridgehead atoms. The Morgan fingerprint density at radius 3 is 2.36 bits per heavy atom. The zero-order valence-corrected chi connectivity index (χ0v) is 17.2. The Kier molecular flexibility index (Phi) is 5.90. The van der Waals surface area contributed by atoms with Crippen LogP contribution in [0.15, 0.2) is 24.4 Å². The summed E-state index contributed by atoms with van der Waals surface area (Å²) in [5.41, 5.74) is 0.0991. The van der Waals surface area contributed by atoms with E-state index >= 15 is 0 Å². The second-order valence-electron chi connectivity index (χ2n) is 9.18. The van der Waals surface area contributed by atoms with Crippen molar-refractivity contribution in [2.75, 3.05) is 51.4 Å². The van der Waals surface area contributed by atoms with E-state index in [1.54, 1.807) is 6.20 Å². The number of pyridine rings is 1. The molecule has 3 aliphatic rings. The molecule has 7 heteroatoms. The number of likely N-dealkylation sites (tertiary alicyclic amines) is 1. The number of hydrogen-bond acceptors (Lipinski definition) is 7. The number of aromatic nitrogens is 1. The Morgan fingerprint density at radius 1 is 1.07 bits per heavy atom. The summed E-state index contributed by atoms with van der Waals surface area (Å²) in [7, 11) is 0. The van der Waals surface area contributed by atoms with Crippen molar-refractivity contribution < 1.29 is 18.9 Å². The Hall–Kier alpha value is -1.25. The molecule has 3 saturated heterocycles. The third kappa shape index (κ3) is 5.02. The number of ether oxygens (including phenoxy) is 4. The second kappa shape index (κ2) is 8.24. The molecule has 0 spiro atoms. The molecule has 0 saturated carbocycles. The second-order valence-corrected chi connectivity index (χ2v) is 9.18. The van der Waals surface area contributed by atoms with E-state index in [4.69, 9.17) is 18.9 Å². The predicted octanol–water partition coefficient (Wildman–Crippen LogP) is 2.14. The van der Waals surface area contributed by atoms with Crippen molar-refractivity contribution in [2.45, 2.75) is 51.2 Å². The minimum atomic E-state index is -0.487. The van der Waals surface area contributed by atoms with E-state index in [-0.39, 0.29) is 23.7 Å². The highest BCUT2D eigenvalue weighted by Gasteiger charge is 2.40. The molecule has 3 aliphatic heterocycles. The van der Waals surface area contributed by atoms with Crippen molar-refractivity contribution in [3.63, 3.8) is 0 Å². The molecule has 1 N–H and O–H groups in total. The fourth-order valence-electron chi connectivity index (χ4n) is 3.87. The standard InChI is InChI=1S/C21H33N3O4/c1-20(2)14-27-21(3,28-15-20)7-9-24-10-17-18(11-24)26-13-16(12-25-17)23-19-6-4-5-8-22-19/h4-6,8,16-18H,7,9-15H2,1-3H3,(H,22,23)/t17-,18-/m0/s1. The summed E-state index contributed by atoms with van der Waals surface area (Å²) in [6.45, 7) is 11.8. The lowest BCUT2D eigenvalue weighted by molar-refractivity contribution is -0.292. The maximum atomic E-state index is 6.17. The van der Waals surface area contributed by atoms with Gasteiger partial charge in [-0.15, -0.1) is 0 Å². The summed E-state index contributed by atoms with van der Waals surface area (Å²) in [4.78, 5) is 6.72. The van der Waals surface area contributed by atoms with Crippen LogP contribution in [-0.4, -0.2) is 80.0 Å². The van der Waals surface area contributed by atoms with Gasteiger partial charge in [-0.3, -0.25) is 4.90 Å². The largest absolute Gasteiger partial charge is 0.372 e. The SMILES string of the molecule is CC1(C)COC(C)(CCN2C[C@@H]3OCC(Nc4ccccn4)CO[C@H]3C2)OC1. The fraction of sp³-hybridized carbons (Fsp3) is 0.762. The lowest BCUT2D eigenvalue weighted by Gasteiger charge is -2.42. The molecule has 1 aromatic rings. The first-order valence-corrected chi connectivity index (χ1v) is 10.3.